The number of hydrogen-bond donors (Lipinski definition) is 3. The average molecular weight is 268 g/mol. The standard InChI is InChI=1S/C16H16N2O2/c19-16(20)13-9-5-4-8-12(13)14-10-17-18-15(14)11-6-2-1-3-7-11/h1-9,14-15,17-18H,10H2,(H,19,20). The zero-order valence-electron chi connectivity index (χ0n) is 10.9. The van der Waals surface area contributed by atoms with E-state index in [1.54, 1.807) is 12.1 Å². The lowest BCUT2D eigenvalue weighted by Crippen LogP contribution is -2.24. The van der Waals surface area contributed by atoms with Gasteiger partial charge in [-0.15, -0.1) is 0 Å². The molecule has 20 heavy (non-hydrogen) atoms. The molecule has 1 aliphatic heterocycles. The van der Waals surface area contributed by atoms with E-state index in [0.717, 1.165) is 11.1 Å². The maximum absolute atomic E-state index is 11.4. The van der Waals surface area contributed by atoms with Crippen molar-refractivity contribution in [2.24, 2.45) is 0 Å². The molecule has 3 N–H and O–H groups in total. The molecule has 4 nitrogen and oxygen atoms in total. The van der Waals surface area contributed by atoms with Gasteiger partial charge in [0, 0.05) is 12.5 Å². The first-order chi connectivity index (χ1) is 9.77. The topological polar surface area (TPSA) is 61.4 Å². The molecule has 0 aromatic heterocycles. The Morgan fingerprint density at radius 3 is 2.50 bits per heavy atom. The van der Waals surface area contributed by atoms with E-state index < -0.39 is 5.97 Å². The summed E-state index contributed by atoms with van der Waals surface area (Å²) in [5, 5.41) is 9.34. The maximum atomic E-state index is 11.4. The fourth-order valence-electron chi connectivity index (χ4n) is 2.78. The molecule has 102 valence electrons. The van der Waals surface area contributed by atoms with Crippen molar-refractivity contribution in [3.8, 4) is 0 Å². The number of hydrazine groups is 1. The summed E-state index contributed by atoms with van der Waals surface area (Å²) in [7, 11) is 0. The monoisotopic (exact) mass is 268 g/mol. The fourth-order valence-corrected chi connectivity index (χ4v) is 2.78. The first kappa shape index (κ1) is 12.8. The molecule has 0 amide bonds. The van der Waals surface area contributed by atoms with Crippen LogP contribution in [0.1, 0.15) is 33.4 Å². The molecule has 1 fully saturated rings. The molecule has 0 bridgehead atoms. The largest absolute Gasteiger partial charge is 0.478 e. The van der Waals surface area contributed by atoms with Gasteiger partial charge in [-0.3, -0.25) is 5.43 Å². The summed E-state index contributed by atoms with van der Waals surface area (Å²) < 4.78 is 0. The first-order valence-corrected chi connectivity index (χ1v) is 6.63. The molecule has 1 aliphatic rings. The minimum absolute atomic E-state index is 0.0803. The van der Waals surface area contributed by atoms with Crippen LogP contribution in [0.25, 0.3) is 0 Å². The van der Waals surface area contributed by atoms with E-state index >= 15 is 0 Å². The molecule has 0 saturated carbocycles. The molecular formula is C16H16N2O2. The van der Waals surface area contributed by atoms with Gasteiger partial charge in [-0.05, 0) is 17.2 Å². The van der Waals surface area contributed by atoms with Gasteiger partial charge in [0.05, 0.1) is 11.6 Å². The van der Waals surface area contributed by atoms with Crippen LogP contribution in [0.5, 0.6) is 0 Å². The Labute approximate surface area is 117 Å². The number of carbonyl (C=O) groups is 1. The summed E-state index contributed by atoms with van der Waals surface area (Å²) >= 11 is 0. The lowest BCUT2D eigenvalue weighted by molar-refractivity contribution is 0.0695. The van der Waals surface area contributed by atoms with E-state index in [1.165, 1.54) is 0 Å². The van der Waals surface area contributed by atoms with Crippen LogP contribution in [0.4, 0.5) is 0 Å². The molecule has 2 aromatic carbocycles. The number of benzene rings is 2. The Kier molecular flexibility index (Phi) is 3.50. The second kappa shape index (κ2) is 5.45. The van der Waals surface area contributed by atoms with Crippen LogP contribution in [0.2, 0.25) is 0 Å². The third kappa shape index (κ3) is 2.31. The molecule has 4 heteroatoms. The number of carboxylic acids is 1. The van der Waals surface area contributed by atoms with Crippen LogP contribution in [0.3, 0.4) is 0 Å². The van der Waals surface area contributed by atoms with Crippen molar-refractivity contribution in [3.05, 3.63) is 71.3 Å². The van der Waals surface area contributed by atoms with Gasteiger partial charge in [0.1, 0.15) is 0 Å². The van der Waals surface area contributed by atoms with Crippen molar-refractivity contribution in [2.45, 2.75) is 12.0 Å². The van der Waals surface area contributed by atoms with Crippen LogP contribution < -0.4 is 10.9 Å². The summed E-state index contributed by atoms with van der Waals surface area (Å²) in [5.74, 6) is -0.774. The molecule has 0 radical (unpaired) electrons. The quantitative estimate of drug-likeness (QED) is 0.799. The summed E-state index contributed by atoms with van der Waals surface area (Å²) in [6.45, 7) is 0.712. The van der Waals surface area contributed by atoms with Crippen molar-refractivity contribution in [3.63, 3.8) is 0 Å². The highest BCUT2D eigenvalue weighted by molar-refractivity contribution is 5.89. The molecule has 2 atom stereocenters. The summed E-state index contributed by atoms with van der Waals surface area (Å²) in [5.41, 5.74) is 8.79. The Morgan fingerprint density at radius 2 is 1.75 bits per heavy atom. The summed E-state index contributed by atoms with van der Waals surface area (Å²) in [6.07, 6.45) is 0. The van der Waals surface area contributed by atoms with Crippen molar-refractivity contribution in [2.75, 3.05) is 6.54 Å². The Balaban J connectivity index is 1.99. The van der Waals surface area contributed by atoms with Gasteiger partial charge in [0.15, 0.2) is 0 Å². The number of nitrogens with one attached hydrogen (secondary N) is 2. The van der Waals surface area contributed by atoms with Gasteiger partial charge in [-0.1, -0.05) is 48.5 Å². The molecule has 2 unspecified atom stereocenters. The second-order valence-corrected chi connectivity index (χ2v) is 4.91. The molecule has 1 saturated heterocycles. The lowest BCUT2D eigenvalue weighted by Gasteiger charge is -2.20. The molecule has 2 aromatic rings. The van der Waals surface area contributed by atoms with E-state index in [1.807, 2.05) is 30.3 Å². The Bertz CT molecular complexity index is 613. The minimum atomic E-state index is -0.876. The van der Waals surface area contributed by atoms with E-state index in [0.29, 0.717) is 12.1 Å². The highest BCUT2D eigenvalue weighted by atomic mass is 16.4. The van der Waals surface area contributed by atoms with Crippen molar-refractivity contribution >= 4 is 5.97 Å². The van der Waals surface area contributed by atoms with Crippen molar-refractivity contribution < 1.29 is 9.90 Å². The third-order valence-electron chi connectivity index (χ3n) is 3.73. The van der Waals surface area contributed by atoms with E-state index in [4.69, 9.17) is 0 Å². The van der Waals surface area contributed by atoms with Gasteiger partial charge < -0.3 is 5.11 Å². The van der Waals surface area contributed by atoms with Crippen LogP contribution in [-0.2, 0) is 0 Å². The first-order valence-electron chi connectivity index (χ1n) is 6.63. The predicted molar refractivity (Wildman–Crippen MR) is 76.5 cm³/mol. The summed E-state index contributed by atoms with van der Waals surface area (Å²) in [6, 6.07) is 17.4. The van der Waals surface area contributed by atoms with Crippen molar-refractivity contribution in [1.29, 1.82) is 0 Å². The molecular weight excluding hydrogens is 252 g/mol. The van der Waals surface area contributed by atoms with Crippen LogP contribution >= 0.6 is 0 Å². The smallest absolute Gasteiger partial charge is 0.335 e. The number of hydrogen-bond acceptors (Lipinski definition) is 3. The maximum Gasteiger partial charge on any atom is 0.335 e. The number of rotatable bonds is 3. The zero-order valence-corrected chi connectivity index (χ0v) is 10.9. The number of carboxylic acid groups (broad SMARTS) is 1. The van der Waals surface area contributed by atoms with Crippen molar-refractivity contribution in [1.82, 2.24) is 10.9 Å². The van der Waals surface area contributed by atoms with E-state index in [2.05, 4.69) is 23.0 Å². The SMILES string of the molecule is O=C(O)c1ccccc1C1CNNC1c1ccccc1. The van der Waals surface area contributed by atoms with Gasteiger partial charge >= 0.3 is 5.97 Å². The van der Waals surface area contributed by atoms with Gasteiger partial charge in [0.2, 0.25) is 0 Å². The molecule has 3 rings (SSSR count). The average Bonchev–Trinajstić information content (AvgIpc) is 2.97. The van der Waals surface area contributed by atoms with Crippen LogP contribution in [-0.4, -0.2) is 17.6 Å². The molecule has 1 heterocycles. The number of aromatic carboxylic acids is 1. The minimum Gasteiger partial charge on any atom is -0.478 e. The van der Waals surface area contributed by atoms with E-state index in [-0.39, 0.29) is 12.0 Å². The normalized spacial score (nSPS) is 21.8. The Hall–Kier alpha value is -2.17. The molecule has 0 aliphatic carbocycles. The lowest BCUT2D eigenvalue weighted by atomic mass is 9.86. The van der Waals surface area contributed by atoms with Gasteiger partial charge in [-0.25, -0.2) is 10.2 Å². The van der Waals surface area contributed by atoms with Crippen LogP contribution in [0.15, 0.2) is 54.6 Å². The third-order valence-corrected chi connectivity index (χ3v) is 3.73. The predicted octanol–water partition coefficient (Wildman–Crippen LogP) is 2.32. The van der Waals surface area contributed by atoms with Gasteiger partial charge in [0.25, 0.3) is 0 Å². The second-order valence-electron chi connectivity index (χ2n) is 4.91. The zero-order chi connectivity index (χ0) is 13.9. The summed E-state index contributed by atoms with van der Waals surface area (Å²) in [4.78, 5) is 11.4. The highest BCUT2D eigenvalue weighted by Gasteiger charge is 2.31. The molecule has 0 spiro atoms. The highest BCUT2D eigenvalue weighted by Crippen LogP contribution is 2.34. The van der Waals surface area contributed by atoms with E-state index in [9.17, 15) is 9.90 Å². The fraction of sp³-hybridized carbons (Fsp3) is 0.188. The van der Waals surface area contributed by atoms with Crippen LogP contribution in [0, 0.1) is 0 Å². The Morgan fingerprint density at radius 1 is 1.05 bits per heavy atom. The van der Waals surface area contributed by atoms with Gasteiger partial charge in [-0.2, -0.15) is 0 Å².